The lowest BCUT2D eigenvalue weighted by Gasteiger charge is -2.40. The Hall–Kier alpha value is -2.10. The molecule has 1 saturated carbocycles. The van der Waals surface area contributed by atoms with Crippen LogP contribution in [0.3, 0.4) is 0 Å². The van der Waals surface area contributed by atoms with Gasteiger partial charge in [-0.2, -0.15) is 0 Å². The van der Waals surface area contributed by atoms with Gasteiger partial charge in [-0.05, 0) is 30.9 Å². The molecule has 1 aliphatic heterocycles. The second-order valence-electron chi connectivity index (χ2n) is 8.18. The molecule has 0 amide bonds. The van der Waals surface area contributed by atoms with Crippen LogP contribution in [0.25, 0.3) is 0 Å². The summed E-state index contributed by atoms with van der Waals surface area (Å²) in [5.41, 5.74) is 2.98. The van der Waals surface area contributed by atoms with E-state index in [1.54, 1.807) is 0 Å². The van der Waals surface area contributed by atoms with Gasteiger partial charge in [0.2, 0.25) is 0 Å². The van der Waals surface area contributed by atoms with Crippen molar-refractivity contribution in [2.45, 2.75) is 64.5 Å². The Morgan fingerprint density at radius 2 is 1.88 bits per heavy atom. The molecule has 0 bridgehead atoms. The third kappa shape index (κ3) is 3.35. The van der Waals surface area contributed by atoms with Gasteiger partial charge in [0.25, 0.3) is 0 Å². The van der Waals surface area contributed by atoms with Crippen LogP contribution in [0.1, 0.15) is 56.5 Å². The molecule has 0 saturated heterocycles. The smallest absolute Gasteiger partial charge is 0.134 e. The monoisotopic (exact) mass is 336 g/mol. The fourth-order valence-corrected chi connectivity index (χ4v) is 4.37. The Bertz CT molecular complexity index is 762. The third-order valence-electron chi connectivity index (χ3n) is 5.55. The second kappa shape index (κ2) is 6.32. The van der Waals surface area contributed by atoms with Gasteiger partial charge in [0.15, 0.2) is 0 Å². The van der Waals surface area contributed by atoms with Crippen molar-refractivity contribution in [1.82, 2.24) is 9.97 Å². The van der Waals surface area contributed by atoms with Gasteiger partial charge in [0.05, 0.1) is 0 Å². The van der Waals surface area contributed by atoms with E-state index < -0.39 is 0 Å². The van der Waals surface area contributed by atoms with Crippen molar-refractivity contribution < 1.29 is 0 Å². The minimum Gasteiger partial charge on any atom is -0.367 e. The molecular weight excluding hydrogens is 308 g/mol. The van der Waals surface area contributed by atoms with Gasteiger partial charge in [0, 0.05) is 30.6 Å². The number of aryl methyl sites for hydroxylation is 1. The Balaban J connectivity index is 1.62. The summed E-state index contributed by atoms with van der Waals surface area (Å²) >= 11 is 0. The van der Waals surface area contributed by atoms with Crippen LogP contribution in [0.2, 0.25) is 0 Å². The van der Waals surface area contributed by atoms with Gasteiger partial charge in [-0.1, -0.05) is 51.0 Å². The van der Waals surface area contributed by atoms with E-state index >= 15 is 0 Å². The fourth-order valence-electron chi connectivity index (χ4n) is 4.37. The van der Waals surface area contributed by atoms with Gasteiger partial charge in [0.1, 0.15) is 17.5 Å². The zero-order valence-corrected chi connectivity index (χ0v) is 15.5. The predicted molar refractivity (Wildman–Crippen MR) is 103 cm³/mol. The summed E-state index contributed by atoms with van der Waals surface area (Å²) in [6, 6.07) is 11.5. The van der Waals surface area contributed by atoms with Crippen LogP contribution >= 0.6 is 0 Å². The number of hydrogen-bond donors (Lipinski definition) is 1. The summed E-state index contributed by atoms with van der Waals surface area (Å²) in [4.78, 5) is 11.8. The number of aromatic nitrogens is 2. The molecular formula is C21H28N4. The van der Waals surface area contributed by atoms with Crippen molar-refractivity contribution in [3.63, 3.8) is 0 Å². The molecule has 0 spiro atoms. The van der Waals surface area contributed by atoms with Crippen LogP contribution in [0.15, 0.2) is 30.3 Å². The van der Waals surface area contributed by atoms with E-state index in [1.165, 1.54) is 36.8 Å². The molecule has 4 nitrogen and oxygen atoms in total. The number of nitrogens with one attached hydrogen (secondary N) is 1. The molecule has 0 unspecified atom stereocenters. The average molecular weight is 336 g/mol. The van der Waals surface area contributed by atoms with E-state index in [1.807, 2.05) is 6.92 Å². The van der Waals surface area contributed by atoms with E-state index in [4.69, 9.17) is 4.98 Å². The molecule has 25 heavy (non-hydrogen) atoms. The van der Waals surface area contributed by atoms with E-state index in [0.29, 0.717) is 6.04 Å². The van der Waals surface area contributed by atoms with Gasteiger partial charge in [-0.3, -0.25) is 0 Å². The summed E-state index contributed by atoms with van der Waals surface area (Å²) in [5.74, 6) is 2.86. The van der Waals surface area contributed by atoms with Gasteiger partial charge in [-0.15, -0.1) is 0 Å². The number of benzene rings is 1. The number of nitrogens with zero attached hydrogens (tertiary/aromatic N) is 3. The number of fused-ring (bicyclic) bond motifs is 1. The fraction of sp³-hybridized carbons (Fsp3) is 0.524. The van der Waals surface area contributed by atoms with Gasteiger partial charge >= 0.3 is 0 Å². The van der Waals surface area contributed by atoms with Crippen LogP contribution in [-0.2, 0) is 12.0 Å². The molecule has 2 aromatic rings. The topological polar surface area (TPSA) is 41.1 Å². The molecule has 0 radical (unpaired) electrons. The Labute approximate surface area is 150 Å². The highest BCUT2D eigenvalue weighted by molar-refractivity contribution is 5.53. The lowest BCUT2D eigenvalue weighted by molar-refractivity contribution is 0.474. The van der Waals surface area contributed by atoms with Crippen molar-refractivity contribution in [3.8, 4) is 0 Å². The van der Waals surface area contributed by atoms with Crippen LogP contribution in [0.5, 0.6) is 0 Å². The summed E-state index contributed by atoms with van der Waals surface area (Å²) in [7, 11) is 0. The van der Waals surface area contributed by atoms with Crippen molar-refractivity contribution in [1.29, 1.82) is 0 Å². The van der Waals surface area contributed by atoms with Crippen LogP contribution < -0.4 is 10.2 Å². The van der Waals surface area contributed by atoms with Crippen LogP contribution in [0, 0.1) is 6.92 Å². The maximum atomic E-state index is 4.75. The summed E-state index contributed by atoms with van der Waals surface area (Å²) < 4.78 is 0. The van der Waals surface area contributed by atoms with Crippen molar-refractivity contribution in [2.75, 3.05) is 16.8 Å². The first-order valence-electron chi connectivity index (χ1n) is 9.47. The Morgan fingerprint density at radius 3 is 2.68 bits per heavy atom. The number of rotatable bonds is 3. The van der Waals surface area contributed by atoms with Gasteiger partial charge < -0.3 is 10.2 Å². The largest absolute Gasteiger partial charge is 0.367 e. The molecule has 1 N–H and O–H groups in total. The zero-order valence-electron chi connectivity index (χ0n) is 15.5. The number of anilines is 2. The Morgan fingerprint density at radius 1 is 1.12 bits per heavy atom. The highest BCUT2D eigenvalue weighted by atomic mass is 15.2. The molecule has 1 aliphatic carbocycles. The van der Waals surface area contributed by atoms with Gasteiger partial charge in [-0.25, -0.2) is 9.97 Å². The maximum Gasteiger partial charge on any atom is 0.134 e. The minimum absolute atomic E-state index is 0.118. The summed E-state index contributed by atoms with van der Waals surface area (Å²) in [5, 5.41) is 3.62. The molecule has 4 rings (SSSR count). The van der Waals surface area contributed by atoms with Crippen LogP contribution in [0.4, 0.5) is 11.6 Å². The van der Waals surface area contributed by atoms with Crippen molar-refractivity contribution in [3.05, 3.63) is 47.3 Å². The summed E-state index contributed by atoms with van der Waals surface area (Å²) in [6.45, 7) is 8.53. The third-order valence-corrected chi connectivity index (χ3v) is 5.55. The predicted octanol–water partition coefficient (Wildman–Crippen LogP) is 4.44. The first-order valence-corrected chi connectivity index (χ1v) is 9.47. The molecule has 2 heterocycles. The molecule has 2 aliphatic rings. The lowest BCUT2D eigenvalue weighted by atomic mass is 9.78. The first kappa shape index (κ1) is 16.4. The average Bonchev–Trinajstić information content (AvgIpc) is 3.06. The molecule has 1 fully saturated rings. The molecule has 0 atom stereocenters. The highest BCUT2D eigenvalue weighted by Gasteiger charge is 2.32. The highest BCUT2D eigenvalue weighted by Crippen LogP contribution is 2.35. The molecule has 1 aromatic heterocycles. The standard InChI is InChI=1S/C21H28N4/c1-15-22-19(24-17-9-5-6-10-17)12-20(23-15)25-13-16-8-4-7-11-18(16)21(2,3)14-25/h4,7-8,11-12,17H,5-6,9-10,13-14H2,1-3H3,(H,22,23,24). The first-order chi connectivity index (χ1) is 12.0. The lowest BCUT2D eigenvalue weighted by Crippen LogP contribution is -2.42. The molecule has 132 valence electrons. The number of hydrogen-bond acceptors (Lipinski definition) is 4. The van der Waals surface area contributed by atoms with E-state index in [2.05, 4.69) is 59.4 Å². The zero-order chi connectivity index (χ0) is 17.4. The van der Waals surface area contributed by atoms with E-state index in [-0.39, 0.29) is 5.41 Å². The van der Waals surface area contributed by atoms with E-state index in [9.17, 15) is 0 Å². The van der Waals surface area contributed by atoms with Crippen molar-refractivity contribution >= 4 is 11.6 Å². The normalized spacial score (nSPS) is 19.7. The van der Waals surface area contributed by atoms with E-state index in [0.717, 1.165) is 30.5 Å². The Kier molecular flexibility index (Phi) is 4.14. The van der Waals surface area contributed by atoms with Crippen molar-refractivity contribution in [2.24, 2.45) is 0 Å². The minimum atomic E-state index is 0.118. The summed E-state index contributed by atoms with van der Waals surface area (Å²) in [6.07, 6.45) is 5.16. The SMILES string of the molecule is Cc1nc(NC2CCCC2)cc(N2Cc3ccccc3C(C)(C)C2)n1. The molecule has 1 aromatic carbocycles. The van der Waals surface area contributed by atoms with Crippen LogP contribution in [-0.4, -0.2) is 22.6 Å². The molecule has 4 heteroatoms. The quantitative estimate of drug-likeness (QED) is 0.900. The second-order valence-corrected chi connectivity index (χ2v) is 8.18. The maximum absolute atomic E-state index is 4.75.